The van der Waals surface area contributed by atoms with Crippen molar-refractivity contribution in [3.63, 3.8) is 0 Å². The van der Waals surface area contributed by atoms with Crippen molar-refractivity contribution in [1.82, 2.24) is 9.55 Å². The first-order valence-corrected chi connectivity index (χ1v) is 9.53. The molecule has 1 heterocycles. The van der Waals surface area contributed by atoms with Gasteiger partial charge in [-0.15, -0.1) is 0 Å². The van der Waals surface area contributed by atoms with E-state index in [0.717, 1.165) is 0 Å². The van der Waals surface area contributed by atoms with Crippen LogP contribution < -0.4 is 15.0 Å². The van der Waals surface area contributed by atoms with Crippen molar-refractivity contribution in [3.8, 4) is 17.2 Å². The first-order valence-electron chi connectivity index (χ1n) is 9.15. The predicted octanol–water partition coefficient (Wildman–Crippen LogP) is 5.19. The molecule has 1 aromatic heterocycles. The Morgan fingerprint density at radius 2 is 1.59 bits per heavy atom. The van der Waals surface area contributed by atoms with E-state index in [4.69, 9.17) is 26.1 Å². The zero-order valence-electron chi connectivity index (χ0n) is 16.0. The number of benzene rings is 3. The van der Waals surface area contributed by atoms with Crippen LogP contribution in [-0.4, -0.2) is 16.7 Å². The molecule has 0 fully saturated rings. The molecule has 29 heavy (non-hydrogen) atoms. The minimum atomic E-state index is -0.476. The van der Waals surface area contributed by atoms with E-state index in [9.17, 15) is 4.79 Å². The van der Waals surface area contributed by atoms with Gasteiger partial charge in [-0.05, 0) is 67.6 Å². The fourth-order valence-electron chi connectivity index (χ4n) is 3.17. The number of methoxy groups -OCH3 is 1. The van der Waals surface area contributed by atoms with Crippen molar-refractivity contribution in [1.29, 1.82) is 0 Å². The second-order valence-corrected chi connectivity index (χ2v) is 6.98. The fourth-order valence-corrected chi connectivity index (χ4v) is 3.30. The molecule has 0 aliphatic carbocycles. The lowest BCUT2D eigenvalue weighted by Gasteiger charge is -2.20. The predicted molar refractivity (Wildman–Crippen MR) is 114 cm³/mol. The maximum absolute atomic E-state index is 13.3. The zero-order valence-corrected chi connectivity index (χ0v) is 16.8. The number of aromatic nitrogens is 2. The van der Waals surface area contributed by atoms with Crippen LogP contribution in [-0.2, 0) is 0 Å². The summed E-state index contributed by atoms with van der Waals surface area (Å²) in [4.78, 5) is 18.1. The molecule has 0 spiro atoms. The third-order valence-electron chi connectivity index (χ3n) is 4.62. The maximum atomic E-state index is 13.3. The van der Waals surface area contributed by atoms with Crippen LogP contribution in [0.3, 0.4) is 0 Å². The molecule has 0 aliphatic heterocycles. The Hall–Kier alpha value is -3.31. The normalized spacial score (nSPS) is 12.0. The summed E-state index contributed by atoms with van der Waals surface area (Å²) in [5.41, 5.74) is 1.17. The summed E-state index contributed by atoms with van der Waals surface area (Å²) >= 11 is 5.96. The molecule has 4 rings (SSSR count). The SMILES string of the molecule is COc1ccc(-n2c([C@H](C)Oc3ccc(Cl)cc3)nc3ccccc3c2=O)cc1. The molecule has 146 valence electrons. The number of nitrogens with zero attached hydrogens (tertiary/aromatic N) is 2. The van der Waals surface area contributed by atoms with Gasteiger partial charge in [0.05, 0.1) is 23.7 Å². The number of halogens is 1. The summed E-state index contributed by atoms with van der Waals surface area (Å²) < 4.78 is 12.9. The standard InChI is InChI=1S/C23H19ClN2O3/c1-15(29-19-11-7-16(24)8-12-19)22-25-21-6-4-3-5-20(21)23(27)26(22)17-9-13-18(28-2)14-10-17/h3-15H,1-2H3/t15-/m0/s1. The Balaban J connectivity index is 1.86. The Morgan fingerprint density at radius 1 is 0.931 bits per heavy atom. The van der Waals surface area contributed by atoms with E-state index in [1.54, 1.807) is 42.0 Å². The van der Waals surface area contributed by atoms with Crippen LogP contribution in [0.2, 0.25) is 5.02 Å². The fraction of sp³-hybridized carbons (Fsp3) is 0.130. The van der Waals surface area contributed by atoms with E-state index in [2.05, 4.69) is 0 Å². The van der Waals surface area contributed by atoms with E-state index in [0.29, 0.717) is 38.9 Å². The van der Waals surface area contributed by atoms with Crippen molar-refractivity contribution in [2.45, 2.75) is 13.0 Å². The molecule has 0 amide bonds. The van der Waals surface area contributed by atoms with Gasteiger partial charge in [0.2, 0.25) is 0 Å². The highest BCUT2D eigenvalue weighted by atomic mass is 35.5. The van der Waals surface area contributed by atoms with Crippen LogP contribution in [0, 0.1) is 0 Å². The summed E-state index contributed by atoms with van der Waals surface area (Å²) in [5, 5.41) is 1.18. The first kappa shape index (κ1) is 19.0. The number of fused-ring (bicyclic) bond motifs is 1. The quantitative estimate of drug-likeness (QED) is 0.457. The van der Waals surface area contributed by atoms with E-state index in [-0.39, 0.29) is 5.56 Å². The number of hydrogen-bond donors (Lipinski definition) is 0. The lowest BCUT2D eigenvalue weighted by molar-refractivity contribution is 0.213. The summed E-state index contributed by atoms with van der Waals surface area (Å²) in [5.74, 6) is 1.86. The molecular weight excluding hydrogens is 388 g/mol. The van der Waals surface area contributed by atoms with Crippen LogP contribution in [0.15, 0.2) is 77.6 Å². The molecular formula is C23H19ClN2O3. The number of rotatable bonds is 5. The average molecular weight is 407 g/mol. The molecule has 0 unspecified atom stereocenters. The third kappa shape index (κ3) is 3.82. The molecule has 0 saturated carbocycles. The van der Waals surface area contributed by atoms with Crippen LogP contribution in [0.25, 0.3) is 16.6 Å². The summed E-state index contributed by atoms with van der Waals surface area (Å²) in [6, 6.07) is 21.7. The van der Waals surface area contributed by atoms with Crippen LogP contribution >= 0.6 is 11.6 Å². The van der Waals surface area contributed by atoms with Crippen LogP contribution in [0.4, 0.5) is 0 Å². The average Bonchev–Trinajstić information content (AvgIpc) is 2.75. The highest BCUT2D eigenvalue weighted by Gasteiger charge is 2.19. The van der Waals surface area contributed by atoms with E-state index >= 15 is 0 Å². The minimum absolute atomic E-state index is 0.151. The van der Waals surface area contributed by atoms with Crippen molar-refractivity contribution >= 4 is 22.5 Å². The minimum Gasteiger partial charge on any atom is -0.497 e. The van der Waals surface area contributed by atoms with Crippen molar-refractivity contribution in [2.75, 3.05) is 7.11 Å². The smallest absolute Gasteiger partial charge is 0.266 e. The topological polar surface area (TPSA) is 53.4 Å². The van der Waals surface area contributed by atoms with Crippen molar-refractivity contribution in [2.24, 2.45) is 0 Å². The van der Waals surface area contributed by atoms with E-state index in [1.165, 1.54) is 0 Å². The molecule has 0 N–H and O–H groups in total. The molecule has 0 saturated heterocycles. The highest BCUT2D eigenvalue weighted by Crippen LogP contribution is 2.25. The summed E-state index contributed by atoms with van der Waals surface area (Å²) in [6.07, 6.45) is -0.476. The van der Waals surface area contributed by atoms with Gasteiger partial charge in [0, 0.05) is 5.02 Å². The summed E-state index contributed by atoms with van der Waals surface area (Å²) in [7, 11) is 1.60. The zero-order chi connectivity index (χ0) is 20.4. The van der Waals surface area contributed by atoms with Crippen LogP contribution in [0.1, 0.15) is 18.9 Å². The van der Waals surface area contributed by atoms with Gasteiger partial charge in [-0.25, -0.2) is 4.98 Å². The Morgan fingerprint density at radius 3 is 2.28 bits per heavy atom. The molecule has 0 radical (unpaired) electrons. The third-order valence-corrected chi connectivity index (χ3v) is 4.87. The van der Waals surface area contributed by atoms with Gasteiger partial charge in [-0.1, -0.05) is 23.7 Å². The molecule has 1 atom stereocenters. The second-order valence-electron chi connectivity index (χ2n) is 6.54. The van der Waals surface area contributed by atoms with E-state index < -0.39 is 6.10 Å². The van der Waals surface area contributed by atoms with Gasteiger partial charge in [-0.3, -0.25) is 9.36 Å². The lowest BCUT2D eigenvalue weighted by Crippen LogP contribution is -2.26. The van der Waals surface area contributed by atoms with Crippen molar-refractivity contribution in [3.05, 3.63) is 94.0 Å². The number of para-hydroxylation sites is 1. The molecule has 0 bridgehead atoms. The van der Waals surface area contributed by atoms with Gasteiger partial charge >= 0.3 is 0 Å². The lowest BCUT2D eigenvalue weighted by atomic mass is 10.2. The molecule has 0 aliphatic rings. The van der Waals surface area contributed by atoms with Gasteiger partial charge in [-0.2, -0.15) is 0 Å². The Kier molecular flexibility index (Phi) is 5.23. The molecule has 5 nitrogen and oxygen atoms in total. The molecule has 6 heteroatoms. The van der Waals surface area contributed by atoms with Gasteiger partial charge < -0.3 is 9.47 Å². The van der Waals surface area contributed by atoms with Gasteiger partial charge in [0.1, 0.15) is 11.5 Å². The van der Waals surface area contributed by atoms with Gasteiger partial charge in [0.15, 0.2) is 11.9 Å². The Labute approximate surface area is 173 Å². The largest absolute Gasteiger partial charge is 0.497 e. The molecule has 4 aromatic rings. The van der Waals surface area contributed by atoms with E-state index in [1.807, 2.05) is 49.4 Å². The van der Waals surface area contributed by atoms with Crippen LogP contribution in [0.5, 0.6) is 11.5 Å². The van der Waals surface area contributed by atoms with Crippen molar-refractivity contribution < 1.29 is 9.47 Å². The number of hydrogen-bond acceptors (Lipinski definition) is 4. The molecule has 3 aromatic carbocycles. The second kappa shape index (κ2) is 7.97. The monoisotopic (exact) mass is 406 g/mol. The number of ether oxygens (including phenoxy) is 2. The maximum Gasteiger partial charge on any atom is 0.266 e. The summed E-state index contributed by atoms with van der Waals surface area (Å²) in [6.45, 7) is 1.87. The Bertz CT molecular complexity index is 1200. The van der Waals surface area contributed by atoms with Gasteiger partial charge in [0.25, 0.3) is 5.56 Å². The first-order chi connectivity index (χ1) is 14.1. The highest BCUT2D eigenvalue weighted by molar-refractivity contribution is 6.30.